The summed E-state index contributed by atoms with van der Waals surface area (Å²) in [6, 6.07) is 5.41. The van der Waals surface area contributed by atoms with Gasteiger partial charge in [-0.15, -0.1) is 0 Å². The van der Waals surface area contributed by atoms with Crippen molar-refractivity contribution in [3.63, 3.8) is 0 Å². The third-order valence-corrected chi connectivity index (χ3v) is 6.66. The average Bonchev–Trinajstić information content (AvgIpc) is 2.65. The molecule has 1 fully saturated rings. The number of aromatic nitrogens is 2. The van der Waals surface area contributed by atoms with Gasteiger partial charge in [-0.1, -0.05) is 41.0 Å². The normalized spacial score (nSPS) is 16.4. The summed E-state index contributed by atoms with van der Waals surface area (Å²) >= 11 is 13.5. The second kappa shape index (κ2) is 8.92. The van der Waals surface area contributed by atoms with Crippen molar-refractivity contribution < 1.29 is 0 Å². The minimum absolute atomic E-state index is 0.138. The fraction of sp³-hybridized carbons (Fsp3) is 0.444. The molecule has 1 aromatic carbocycles. The van der Waals surface area contributed by atoms with Crippen molar-refractivity contribution in [3.8, 4) is 0 Å². The molecule has 0 spiro atoms. The molecule has 1 aromatic heterocycles. The van der Waals surface area contributed by atoms with Gasteiger partial charge < -0.3 is 16.4 Å². The molecule has 1 atom stereocenters. The lowest BCUT2D eigenvalue weighted by atomic mass is 10.2. The van der Waals surface area contributed by atoms with E-state index in [2.05, 4.69) is 14.8 Å². The maximum Gasteiger partial charge on any atom is 0.270 e. The van der Waals surface area contributed by atoms with E-state index in [9.17, 15) is 4.79 Å². The number of anilines is 2. The highest BCUT2D eigenvalue weighted by Gasteiger charge is 2.23. The molecule has 7 nitrogen and oxygen atoms in total. The van der Waals surface area contributed by atoms with Crippen LogP contribution in [0.5, 0.6) is 0 Å². The molecular weight excluding hydrogens is 419 g/mol. The molecule has 10 heteroatoms. The number of piperazine rings is 1. The summed E-state index contributed by atoms with van der Waals surface area (Å²) in [5, 5.41) is 0.821. The third-order valence-electron chi connectivity index (χ3n) is 4.58. The average molecular weight is 443 g/mol. The number of benzene rings is 1. The first-order valence-corrected chi connectivity index (χ1v) is 10.6. The fourth-order valence-corrected chi connectivity index (χ4v) is 4.59. The molecule has 152 valence electrons. The van der Waals surface area contributed by atoms with Gasteiger partial charge in [-0.3, -0.25) is 14.3 Å². The van der Waals surface area contributed by atoms with Crippen molar-refractivity contribution in [2.24, 2.45) is 12.8 Å². The number of nitrogens with two attached hydrogens (primary N) is 2. The Morgan fingerprint density at radius 3 is 2.57 bits per heavy atom. The van der Waals surface area contributed by atoms with Crippen molar-refractivity contribution in [1.29, 1.82) is 0 Å². The Balaban J connectivity index is 1.83. The second-order valence-electron chi connectivity index (χ2n) is 6.91. The Bertz CT molecular complexity index is 912. The zero-order valence-electron chi connectivity index (χ0n) is 15.9. The monoisotopic (exact) mass is 442 g/mol. The fourth-order valence-electron chi connectivity index (χ4n) is 3.18. The van der Waals surface area contributed by atoms with Gasteiger partial charge in [0.1, 0.15) is 10.7 Å². The van der Waals surface area contributed by atoms with Gasteiger partial charge in [0, 0.05) is 50.7 Å². The predicted molar refractivity (Wildman–Crippen MR) is 117 cm³/mol. The van der Waals surface area contributed by atoms with Gasteiger partial charge in [0.2, 0.25) is 5.95 Å². The predicted octanol–water partition coefficient (Wildman–Crippen LogP) is 2.29. The zero-order chi connectivity index (χ0) is 20.4. The van der Waals surface area contributed by atoms with Crippen molar-refractivity contribution in [3.05, 3.63) is 38.6 Å². The molecule has 2 aromatic rings. The zero-order valence-corrected chi connectivity index (χ0v) is 18.2. The van der Waals surface area contributed by atoms with Crippen molar-refractivity contribution in [1.82, 2.24) is 14.5 Å². The molecule has 0 amide bonds. The lowest BCUT2D eigenvalue weighted by Crippen LogP contribution is -2.50. The lowest BCUT2D eigenvalue weighted by Gasteiger charge is -2.36. The number of halogens is 2. The Morgan fingerprint density at radius 2 is 1.93 bits per heavy atom. The summed E-state index contributed by atoms with van der Waals surface area (Å²) in [6.45, 7) is 6.12. The van der Waals surface area contributed by atoms with Gasteiger partial charge in [0.05, 0.1) is 10.0 Å². The van der Waals surface area contributed by atoms with Crippen LogP contribution in [0.25, 0.3) is 0 Å². The van der Waals surface area contributed by atoms with Crippen LogP contribution in [0.2, 0.25) is 10.0 Å². The molecule has 2 heterocycles. The number of hydrogen-bond acceptors (Lipinski definition) is 7. The minimum atomic E-state index is -0.207. The third kappa shape index (κ3) is 4.58. The van der Waals surface area contributed by atoms with Crippen molar-refractivity contribution in [2.75, 3.05) is 43.4 Å². The standard InChI is InChI=1S/C18H24Cl2N6OS/c1-11(21)10-25-6-8-26(9-7-25)18-23-16(22)15(17(27)24(18)2)28-13-5-3-4-12(19)14(13)20/h3-5,11H,6-10,21-22H2,1-2H3. The molecule has 0 aliphatic carbocycles. The summed E-state index contributed by atoms with van der Waals surface area (Å²) in [6.07, 6.45) is 0. The van der Waals surface area contributed by atoms with Crippen molar-refractivity contribution in [2.45, 2.75) is 22.8 Å². The topological polar surface area (TPSA) is 93.4 Å². The summed E-state index contributed by atoms with van der Waals surface area (Å²) < 4.78 is 1.54. The molecule has 1 aliphatic heterocycles. The first kappa shape index (κ1) is 21.3. The number of nitrogen functional groups attached to an aromatic ring is 1. The molecule has 4 N–H and O–H groups in total. The molecule has 0 radical (unpaired) electrons. The van der Waals surface area contributed by atoms with Crippen molar-refractivity contribution >= 4 is 46.7 Å². The van der Waals surface area contributed by atoms with Gasteiger partial charge in [-0.2, -0.15) is 4.98 Å². The Hall–Kier alpha value is -1.45. The minimum Gasteiger partial charge on any atom is -0.382 e. The van der Waals surface area contributed by atoms with E-state index in [1.807, 2.05) is 6.92 Å². The van der Waals surface area contributed by atoms with E-state index >= 15 is 0 Å². The highest BCUT2D eigenvalue weighted by molar-refractivity contribution is 7.99. The van der Waals surface area contributed by atoms with E-state index < -0.39 is 0 Å². The lowest BCUT2D eigenvalue weighted by molar-refractivity contribution is 0.245. The highest BCUT2D eigenvalue weighted by Crippen LogP contribution is 2.37. The molecule has 0 bridgehead atoms. The number of hydrogen-bond donors (Lipinski definition) is 2. The van der Waals surface area contributed by atoms with E-state index in [0.717, 1.165) is 32.7 Å². The molecule has 1 aliphatic rings. The quantitative estimate of drug-likeness (QED) is 0.733. The smallest absolute Gasteiger partial charge is 0.270 e. The highest BCUT2D eigenvalue weighted by atomic mass is 35.5. The van der Waals surface area contributed by atoms with Crippen LogP contribution in [0.1, 0.15) is 6.92 Å². The van der Waals surface area contributed by atoms with E-state index in [0.29, 0.717) is 25.8 Å². The molecule has 1 unspecified atom stereocenters. The van der Waals surface area contributed by atoms with E-state index in [4.69, 9.17) is 34.7 Å². The Morgan fingerprint density at radius 1 is 1.25 bits per heavy atom. The first-order valence-electron chi connectivity index (χ1n) is 8.99. The van der Waals surface area contributed by atoms with Crippen LogP contribution in [0.4, 0.5) is 11.8 Å². The molecule has 1 saturated heterocycles. The molecule has 3 rings (SSSR count). The van der Waals surface area contributed by atoms with Gasteiger partial charge in [0.15, 0.2) is 0 Å². The molecular formula is C18H24Cl2N6OS. The van der Waals surface area contributed by atoms with Gasteiger partial charge >= 0.3 is 0 Å². The van der Waals surface area contributed by atoms with Crippen LogP contribution in [0.15, 0.2) is 32.8 Å². The maximum absolute atomic E-state index is 13.0. The van der Waals surface area contributed by atoms with Gasteiger partial charge in [-0.25, -0.2) is 0 Å². The second-order valence-corrected chi connectivity index (χ2v) is 8.75. The summed E-state index contributed by atoms with van der Waals surface area (Å²) in [7, 11) is 1.71. The van der Waals surface area contributed by atoms with Crippen LogP contribution in [0.3, 0.4) is 0 Å². The molecule has 0 saturated carbocycles. The van der Waals surface area contributed by atoms with Crippen LogP contribution in [-0.4, -0.2) is 53.2 Å². The van der Waals surface area contributed by atoms with E-state index in [1.54, 1.807) is 29.8 Å². The Labute approximate surface area is 178 Å². The Kier molecular flexibility index (Phi) is 6.77. The van der Waals surface area contributed by atoms with Gasteiger partial charge in [0.25, 0.3) is 5.56 Å². The summed E-state index contributed by atoms with van der Waals surface area (Å²) in [5.74, 6) is 0.765. The first-order chi connectivity index (χ1) is 13.3. The number of nitrogens with zero attached hydrogens (tertiary/aromatic N) is 4. The largest absolute Gasteiger partial charge is 0.382 e. The van der Waals surface area contributed by atoms with E-state index in [-0.39, 0.29) is 17.4 Å². The van der Waals surface area contributed by atoms with Crippen LogP contribution < -0.4 is 21.9 Å². The molecule has 28 heavy (non-hydrogen) atoms. The summed E-state index contributed by atoms with van der Waals surface area (Å²) in [4.78, 5) is 22.9. The SMILES string of the molecule is CC(N)CN1CCN(c2nc(N)c(Sc3cccc(Cl)c3Cl)c(=O)n2C)CC1. The number of rotatable bonds is 5. The van der Waals surface area contributed by atoms with Crippen LogP contribution >= 0.6 is 35.0 Å². The maximum atomic E-state index is 13.0. The van der Waals surface area contributed by atoms with Crippen LogP contribution in [0, 0.1) is 0 Å². The summed E-state index contributed by atoms with van der Waals surface area (Å²) in [5.41, 5.74) is 11.8. The van der Waals surface area contributed by atoms with Gasteiger partial charge in [-0.05, 0) is 19.1 Å². The van der Waals surface area contributed by atoms with E-state index in [1.165, 1.54) is 11.8 Å². The van der Waals surface area contributed by atoms with Crippen LogP contribution in [-0.2, 0) is 7.05 Å².